The molecule has 0 aliphatic carbocycles. The standard InChI is InChI=1S/C28H33N3O2Si/c1-21-10-12-23(18-26(21)29)33-24-13-14-25-27(15-11-22-8-6-5-7-9-22)30-31(28(25)19-24)20-32-16-17-34(2,3)4/h5-15,18-19H,16-17,20,29H2,1-4H3/b15-11+. The van der Waals surface area contributed by atoms with Gasteiger partial charge in [-0.25, -0.2) is 4.68 Å². The number of aryl methyl sites for hydroxylation is 1. The molecule has 0 atom stereocenters. The molecular weight excluding hydrogens is 438 g/mol. The molecule has 0 radical (unpaired) electrons. The second-order valence-electron chi connectivity index (χ2n) is 9.78. The Bertz CT molecular complexity index is 1290. The number of ether oxygens (including phenoxy) is 2. The monoisotopic (exact) mass is 471 g/mol. The molecule has 0 fully saturated rings. The quantitative estimate of drug-likeness (QED) is 0.159. The number of nitrogens with two attached hydrogens (primary N) is 1. The van der Waals surface area contributed by atoms with Gasteiger partial charge in [0.1, 0.15) is 18.2 Å². The van der Waals surface area contributed by atoms with E-state index in [0.717, 1.165) is 46.1 Å². The van der Waals surface area contributed by atoms with Crippen LogP contribution in [0.25, 0.3) is 23.1 Å². The molecule has 4 aromatic rings. The van der Waals surface area contributed by atoms with Crippen molar-refractivity contribution in [3.8, 4) is 11.5 Å². The molecule has 3 aromatic carbocycles. The van der Waals surface area contributed by atoms with E-state index in [1.807, 2.05) is 60.1 Å². The van der Waals surface area contributed by atoms with Crippen molar-refractivity contribution in [2.24, 2.45) is 0 Å². The Morgan fingerprint density at radius 1 is 0.941 bits per heavy atom. The van der Waals surface area contributed by atoms with Gasteiger partial charge < -0.3 is 15.2 Å². The Kier molecular flexibility index (Phi) is 7.19. The normalized spacial score (nSPS) is 12.0. The van der Waals surface area contributed by atoms with Crippen LogP contribution in [0, 0.1) is 6.92 Å². The summed E-state index contributed by atoms with van der Waals surface area (Å²) in [6.07, 6.45) is 4.13. The van der Waals surface area contributed by atoms with Crippen molar-refractivity contribution < 1.29 is 9.47 Å². The van der Waals surface area contributed by atoms with Crippen molar-refractivity contribution >= 4 is 36.8 Å². The van der Waals surface area contributed by atoms with Gasteiger partial charge in [-0.3, -0.25) is 0 Å². The van der Waals surface area contributed by atoms with Crippen molar-refractivity contribution in [1.82, 2.24) is 9.78 Å². The maximum atomic E-state index is 6.11. The number of nitrogens with zero attached hydrogens (tertiary/aromatic N) is 2. The highest BCUT2D eigenvalue weighted by molar-refractivity contribution is 6.76. The zero-order valence-corrected chi connectivity index (χ0v) is 21.4. The van der Waals surface area contributed by atoms with Gasteiger partial charge in [-0.15, -0.1) is 0 Å². The van der Waals surface area contributed by atoms with Gasteiger partial charge in [-0.05, 0) is 48.4 Å². The molecular formula is C28H33N3O2Si. The Balaban J connectivity index is 1.62. The van der Waals surface area contributed by atoms with Crippen LogP contribution in [0.1, 0.15) is 16.8 Å². The number of hydrogen-bond acceptors (Lipinski definition) is 4. The van der Waals surface area contributed by atoms with E-state index in [9.17, 15) is 0 Å². The van der Waals surface area contributed by atoms with Crippen molar-refractivity contribution in [1.29, 1.82) is 0 Å². The lowest BCUT2D eigenvalue weighted by atomic mass is 10.1. The first kappa shape index (κ1) is 23.8. The lowest BCUT2D eigenvalue weighted by Crippen LogP contribution is -2.22. The van der Waals surface area contributed by atoms with E-state index < -0.39 is 8.07 Å². The number of rotatable bonds is 9. The zero-order chi connectivity index (χ0) is 24.1. The molecule has 0 saturated carbocycles. The molecule has 0 aliphatic heterocycles. The summed E-state index contributed by atoms with van der Waals surface area (Å²) in [5.41, 5.74) is 10.8. The van der Waals surface area contributed by atoms with E-state index >= 15 is 0 Å². The lowest BCUT2D eigenvalue weighted by molar-refractivity contribution is 0.0816. The molecule has 0 bridgehead atoms. The molecule has 2 N–H and O–H groups in total. The number of hydrogen-bond donors (Lipinski definition) is 1. The van der Waals surface area contributed by atoms with Crippen LogP contribution in [-0.2, 0) is 11.5 Å². The molecule has 176 valence electrons. The third-order valence-corrected chi connectivity index (χ3v) is 7.39. The van der Waals surface area contributed by atoms with Gasteiger partial charge in [0.2, 0.25) is 0 Å². The van der Waals surface area contributed by atoms with Crippen molar-refractivity contribution in [3.63, 3.8) is 0 Å². The van der Waals surface area contributed by atoms with Crippen LogP contribution in [0.2, 0.25) is 25.7 Å². The van der Waals surface area contributed by atoms with Crippen LogP contribution >= 0.6 is 0 Å². The lowest BCUT2D eigenvalue weighted by Gasteiger charge is -2.15. The fraction of sp³-hybridized carbons (Fsp3) is 0.250. The van der Waals surface area contributed by atoms with Crippen molar-refractivity contribution in [2.45, 2.75) is 39.3 Å². The number of anilines is 1. The van der Waals surface area contributed by atoms with Crippen molar-refractivity contribution in [3.05, 3.63) is 83.6 Å². The van der Waals surface area contributed by atoms with Gasteiger partial charge in [0.15, 0.2) is 0 Å². The average molecular weight is 472 g/mol. The highest BCUT2D eigenvalue weighted by Gasteiger charge is 2.14. The third kappa shape index (κ3) is 6.15. The summed E-state index contributed by atoms with van der Waals surface area (Å²) in [6.45, 7) is 10.2. The van der Waals surface area contributed by atoms with Crippen LogP contribution in [-0.4, -0.2) is 24.5 Å². The molecule has 0 spiro atoms. The Hall–Kier alpha value is -3.35. The second-order valence-corrected chi connectivity index (χ2v) is 15.4. The highest BCUT2D eigenvalue weighted by atomic mass is 28.3. The maximum absolute atomic E-state index is 6.11. The summed E-state index contributed by atoms with van der Waals surface area (Å²) in [5, 5.41) is 5.91. The molecule has 0 amide bonds. The molecule has 5 nitrogen and oxygen atoms in total. The van der Waals surface area contributed by atoms with Gasteiger partial charge in [-0.1, -0.05) is 62.1 Å². The summed E-state index contributed by atoms with van der Waals surface area (Å²) in [5.74, 6) is 1.45. The van der Waals surface area contributed by atoms with Gasteiger partial charge in [0.05, 0.1) is 11.2 Å². The van der Waals surface area contributed by atoms with Gasteiger partial charge in [-0.2, -0.15) is 5.10 Å². The summed E-state index contributed by atoms with van der Waals surface area (Å²) < 4.78 is 14.0. The highest BCUT2D eigenvalue weighted by Crippen LogP contribution is 2.30. The minimum absolute atomic E-state index is 0.404. The second kappa shape index (κ2) is 10.3. The molecule has 0 saturated heterocycles. The van der Waals surface area contributed by atoms with E-state index in [2.05, 4.69) is 50.0 Å². The van der Waals surface area contributed by atoms with E-state index in [1.165, 1.54) is 0 Å². The van der Waals surface area contributed by atoms with Crippen LogP contribution in [0.15, 0.2) is 66.7 Å². The minimum atomic E-state index is -1.15. The Morgan fingerprint density at radius 2 is 1.68 bits per heavy atom. The summed E-state index contributed by atoms with van der Waals surface area (Å²) in [7, 11) is -1.15. The van der Waals surface area contributed by atoms with Gasteiger partial charge >= 0.3 is 0 Å². The molecule has 6 heteroatoms. The fourth-order valence-electron chi connectivity index (χ4n) is 3.55. The largest absolute Gasteiger partial charge is 0.457 e. The van der Waals surface area contributed by atoms with Gasteiger partial charge in [0.25, 0.3) is 0 Å². The maximum Gasteiger partial charge on any atom is 0.140 e. The molecule has 4 rings (SSSR count). The molecule has 1 heterocycles. The number of nitrogen functional groups attached to an aromatic ring is 1. The first-order valence-electron chi connectivity index (χ1n) is 11.6. The number of benzene rings is 3. The summed E-state index contributed by atoms with van der Waals surface area (Å²) >= 11 is 0. The summed E-state index contributed by atoms with van der Waals surface area (Å²) in [6, 6.07) is 23.1. The van der Waals surface area contributed by atoms with E-state index in [4.69, 9.17) is 20.3 Å². The topological polar surface area (TPSA) is 62.3 Å². The van der Waals surface area contributed by atoms with Crippen LogP contribution < -0.4 is 10.5 Å². The van der Waals surface area contributed by atoms with Crippen LogP contribution in [0.3, 0.4) is 0 Å². The molecule has 1 aromatic heterocycles. The SMILES string of the molecule is Cc1ccc(Oc2ccc3c(/C=C/c4ccccc4)nn(COCC[Si](C)(C)C)c3c2)cc1N. The Morgan fingerprint density at radius 3 is 2.41 bits per heavy atom. The summed E-state index contributed by atoms with van der Waals surface area (Å²) in [4.78, 5) is 0. The van der Waals surface area contributed by atoms with E-state index in [0.29, 0.717) is 18.2 Å². The molecule has 34 heavy (non-hydrogen) atoms. The fourth-order valence-corrected chi connectivity index (χ4v) is 4.31. The predicted molar refractivity (Wildman–Crippen MR) is 145 cm³/mol. The van der Waals surface area contributed by atoms with E-state index in [1.54, 1.807) is 0 Å². The smallest absolute Gasteiger partial charge is 0.140 e. The van der Waals surface area contributed by atoms with Gasteiger partial charge in [0, 0.05) is 37.9 Å². The number of fused-ring (bicyclic) bond motifs is 1. The minimum Gasteiger partial charge on any atom is -0.457 e. The van der Waals surface area contributed by atoms with E-state index in [-0.39, 0.29) is 0 Å². The van der Waals surface area contributed by atoms with Crippen LogP contribution in [0.4, 0.5) is 5.69 Å². The van der Waals surface area contributed by atoms with Crippen LogP contribution in [0.5, 0.6) is 11.5 Å². The molecule has 0 unspecified atom stereocenters. The number of aromatic nitrogens is 2. The zero-order valence-electron chi connectivity index (χ0n) is 20.4. The first-order chi connectivity index (χ1) is 16.3. The van der Waals surface area contributed by atoms with Crippen molar-refractivity contribution in [2.75, 3.05) is 12.3 Å². The first-order valence-corrected chi connectivity index (χ1v) is 15.3. The Labute approximate surface area is 202 Å². The predicted octanol–water partition coefficient (Wildman–Crippen LogP) is 7.20. The molecule has 0 aliphatic rings. The third-order valence-electron chi connectivity index (χ3n) is 5.68. The average Bonchev–Trinajstić information content (AvgIpc) is 3.15.